The van der Waals surface area contributed by atoms with Gasteiger partial charge in [-0.1, -0.05) is 0 Å². The highest BCUT2D eigenvalue weighted by atomic mass is 32.1. The number of hydrogen-bond donors (Lipinski definition) is 1. The molecule has 6 heteroatoms. The minimum absolute atomic E-state index is 0.0539. The number of carbonyl (C=O) groups excluding carboxylic acids is 2. The summed E-state index contributed by atoms with van der Waals surface area (Å²) in [7, 11) is 2.12. The molecule has 1 spiro atoms. The Hall–Kier alpha value is -1.40. The smallest absolute Gasteiger partial charge is 0.227 e. The fourth-order valence-electron chi connectivity index (χ4n) is 3.49. The zero-order valence-corrected chi connectivity index (χ0v) is 13.8. The highest BCUT2D eigenvalue weighted by Crippen LogP contribution is 2.30. The van der Waals surface area contributed by atoms with Crippen molar-refractivity contribution in [2.45, 2.75) is 31.2 Å². The number of nitrogens with zero attached hydrogens (tertiary/aromatic N) is 2. The van der Waals surface area contributed by atoms with Crippen molar-refractivity contribution in [1.82, 2.24) is 15.1 Å². The summed E-state index contributed by atoms with van der Waals surface area (Å²) in [4.78, 5) is 28.6. The standard InChI is InChI=1S/C16H23N3O2S/c1-18-7-8-19(15(21)10-13-3-9-22-11-13)12-16(18)4-2-14(20)17-6-5-16/h3,9,11H,2,4-8,10,12H2,1H3,(H,17,20). The van der Waals surface area contributed by atoms with E-state index >= 15 is 0 Å². The number of thiophene rings is 1. The molecule has 22 heavy (non-hydrogen) atoms. The summed E-state index contributed by atoms with van der Waals surface area (Å²) >= 11 is 1.63. The quantitative estimate of drug-likeness (QED) is 0.888. The van der Waals surface area contributed by atoms with Crippen LogP contribution < -0.4 is 5.32 Å². The summed E-state index contributed by atoms with van der Waals surface area (Å²) in [6.07, 6.45) is 2.78. The average Bonchev–Trinajstić information content (AvgIpc) is 2.93. The summed E-state index contributed by atoms with van der Waals surface area (Å²) < 4.78 is 0. The van der Waals surface area contributed by atoms with E-state index in [1.54, 1.807) is 11.3 Å². The Balaban J connectivity index is 1.69. The molecule has 0 saturated carbocycles. The second kappa shape index (κ2) is 6.38. The van der Waals surface area contributed by atoms with Crippen LogP contribution >= 0.6 is 11.3 Å². The maximum Gasteiger partial charge on any atom is 0.227 e. The summed E-state index contributed by atoms with van der Waals surface area (Å²) in [5, 5.41) is 7.00. The molecule has 1 aromatic heterocycles. The van der Waals surface area contributed by atoms with Crippen LogP contribution in [-0.4, -0.2) is 60.4 Å². The number of piperazine rings is 1. The zero-order valence-electron chi connectivity index (χ0n) is 13.0. The third-order valence-corrected chi connectivity index (χ3v) is 5.75. The van der Waals surface area contributed by atoms with E-state index in [0.29, 0.717) is 19.4 Å². The molecule has 120 valence electrons. The van der Waals surface area contributed by atoms with Crippen LogP contribution in [-0.2, 0) is 16.0 Å². The van der Waals surface area contributed by atoms with Gasteiger partial charge in [-0.2, -0.15) is 11.3 Å². The molecular formula is C16H23N3O2S. The van der Waals surface area contributed by atoms with E-state index < -0.39 is 0 Å². The molecule has 3 rings (SSSR count). The van der Waals surface area contributed by atoms with Crippen molar-refractivity contribution in [3.63, 3.8) is 0 Å². The highest BCUT2D eigenvalue weighted by Gasteiger charge is 2.41. The Labute approximate surface area is 135 Å². The molecule has 3 heterocycles. The third kappa shape index (κ3) is 3.17. The van der Waals surface area contributed by atoms with Crippen LogP contribution in [0, 0.1) is 0 Å². The lowest BCUT2D eigenvalue weighted by atomic mass is 9.86. The molecule has 1 unspecified atom stereocenters. The number of hydrogen-bond acceptors (Lipinski definition) is 4. The number of amides is 2. The Morgan fingerprint density at radius 1 is 1.41 bits per heavy atom. The lowest BCUT2D eigenvalue weighted by molar-refractivity contribution is -0.136. The largest absolute Gasteiger partial charge is 0.356 e. The molecule has 2 amide bonds. The maximum atomic E-state index is 12.6. The number of nitrogens with one attached hydrogen (secondary N) is 1. The third-order valence-electron chi connectivity index (χ3n) is 5.02. The summed E-state index contributed by atoms with van der Waals surface area (Å²) in [6, 6.07) is 2.02. The Morgan fingerprint density at radius 2 is 2.27 bits per heavy atom. The summed E-state index contributed by atoms with van der Waals surface area (Å²) in [6.45, 7) is 3.10. The van der Waals surface area contributed by atoms with Crippen molar-refractivity contribution in [3.05, 3.63) is 22.4 Å². The van der Waals surface area contributed by atoms with Gasteiger partial charge >= 0.3 is 0 Å². The van der Waals surface area contributed by atoms with Crippen LogP contribution in [0.5, 0.6) is 0 Å². The number of rotatable bonds is 2. The normalized spacial score (nSPS) is 26.8. The first kappa shape index (κ1) is 15.5. The van der Waals surface area contributed by atoms with Gasteiger partial charge in [0.25, 0.3) is 0 Å². The molecule has 0 aromatic carbocycles. The molecule has 0 bridgehead atoms. The van der Waals surface area contributed by atoms with Gasteiger partial charge in [-0.3, -0.25) is 14.5 Å². The van der Waals surface area contributed by atoms with Gasteiger partial charge < -0.3 is 10.2 Å². The fraction of sp³-hybridized carbons (Fsp3) is 0.625. The lowest BCUT2D eigenvalue weighted by Gasteiger charge is -2.49. The molecule has 0 radical (unpaired) electrons. The van der Waals surface area contributed by atoms with Crippen molar-refractivity contribution in [1.29, 1.82) is 0 Å². The van der Waals surface area contributed by atoms with Gasteiger partial charge in [-0.05, 0) is 42.3 Å². The fourth-order valence-corrected chi connectivity index (χ4v) is 4.16. The first-order valence-corrected chi connectivity index (χ1v) is 8.80. The molecule has 2 aliphatic rings. The average molecular weight is 321 g/mol. The summed E-state index contributed by atoms with van der Waals surface area (Å²) in [5.41, 5.74) is 1.04. The van der Waals surface area contributed by atoms with Crippen LogP contribution in [0.3, 0.4) is 0 Å². The first-order valence-electron chi connectivity index (χ1n) is 7.86. The molecular weight excluding hydrogens is 298 g/mol. The monoisotopic (exact) mass is 321 g/mol. The second-order valence-corrected chi connectivity index (χ2v) is 7.15. The van der Waals surface area contributed by atoms with E-state index in [1.807, 2.05) is 21.7 Å². The Bertz CT molecular complexity index is 546. The first-order chi connectivity index (χ1) is 10.6. The van der Waals surface area contributed by atoms with Gasteiger partial charge in [0.15, 0.2) is 0 Å². The van der Waals surface area contributed by atoms with E-state index in [4.69, 9.17) is 0 Å². The van der Waals surface area contributed by atoms with Gasteiger partial charge in [0.05, 0.1) is 6.42 Å². The maximum absolute atomic E-state index is 12.6. The predicted molar refractivity (Wildman–Crippen MR) is 86.8 cm³/mol. The summed E-state index contributed by atoms with van der Waals surface area (Å²) in [5.74, 6) is 0.335. The van der Waals surface area contributed by atoms with Crippen LogP contribution in [0.4, 0.5) is 0 Å². The minimum Gasteiger partial charge on any atom is -0.356 e. The van der Waals surface area contributed by atoms with Crippen LogP contribution in [0.15, 0.2) is 16.8 Å². The van der Waals surface area contributed by atoms with Gasteiger partial charge in [-0.15, -0.1) is 0 Å². The molecule has 1 atom stereocenters. The lowest BCUT2D eigenvalue weighted by Crippen LogP contribution is -2.62. The Morgan fingerprint density at radius 3 is 3.05 bits per heavy atom. The molecule has 2 fully saturated rings. The zero-order chi connectivity index (χ0) is 15.6. The van der Waals surface area contributed by atoms with E-state index in [2.05, 4.69) is 17.3 Å². The molecule has 2 saturated heterocycles. The van der Waals surface area contributed by atoms with Crippen molar-refractivity contribution in [2.75, 3.05) is 33.2 Å². The topological polar surface area (TPSA) is 52.6 Å². The van der Waals surface area contributed by atoms with E-state index in [9.17, 15) is 9.59 Å². The van der Waals surface area contributed by atoms with Crippen LogP contribution in [0.2, 0.25) is 0 Å². The van der Waals surface area contributed by atoms with Gasteiger partial charge in [0.2, 0.25) is 11.8 Å². The van der Waals surface area contributed by atoms with Crippen molar-refractivity contribution in [3.8, 4) is 0 Å². The van der Waals surface area contributed by atoms with Crippen molar-refractivity contribution in [2.24, 2.45) is 0 Å². The van der Waals surface area contributed by atoms with Gasteiger partial charge in [0.1, 0.15) is 0 Å². The van der Waals surface area contributed by atoms with E-state index in [0.717, 1.165) is 38.0 Å². The molecule has 2 aliphatic heterocycles. The molecule has 1 aromatic rings. The second-order valence-electron chi connectivity index (χ2n) is 6.37. The number of carbonyl (C=O) groups is 2. The number of likely N-dealkylation sites (N-methyl/N-ethyl adjacent to an activating group) is 1. The Kier molecular flexibility index (Phi) is 4.49. The SMILES string of the molecule is CN1CCN(C(=O)Cc2ccsc2)CC12CCNC(=O)CC2. The van der Waals surface area contributed by atoms with Crippen LogP contribution in [0.1, 0.15) is 24.8 Å². The van der Waals surface area contributed by atoms with E-state index in [-0.39, 0.29) is 17.4 Å². The van der Waals surface area contributed by atoms with E-state index in [1.165, 1.54) is 0 Å². The van der Waals surface area contributed by atoms with Gasteiger partial charge in [-0.25, -0.2) is 0 Å². The van der Waals surface area contributed by atoms with Crippen molar-refractivity contribution >= 4 is 23.2 Å². The highest BCUT2D eigenvalue weighted by molar-refractivity contribution is 7.07. The van der Waals surface area contributed by atoms with Crippen LogP contribution in [0.25, 0.3) is 0 Å². The molecule has 5 nitrogen and oxygen atoms in total. The molecule has 0 aliphatic carbocycles. The predicted octanol–water partition coefficient (Wildman–Crippen LogP) is 1.10. The minimum atomic E-state index is -0.0539. The molecule has 1 N–H and O–H groups in total. The van der Waals surface area contributed by atoms with Crippen molar-refractivity contribution < 1.29 is 9.59 Å². The van der Waals surface area contributed by atoms with Gasteiger partial charge in [0, 0.05) is 38.1 Å².